The molecule has 3 heterocycles. The SMILES string of the molecule is Cc1cccc(C2CN(c3ccc(C(F)(F)F)c(C(=O)c4cccnc4C)n3)CCN2)c1. The summed E-state index contributed by atoms with van der Waals surface area (Å²) in [4.78, 5) is 23.2. The molecule has 2 aromatic heterocycles. The van der Waals surface area contributed by atoms with Crippen molar-refractivity contribution >= 4 is 11.6 Å². The number of aryl methyl sites for hydroxylation is 2. The largest absolute Gasteiger partial charge is 0.418 e. The van der Waals surface area contributed by atoms with Gasteiger partial charge < -0.3 is 10.2 Å². The van der Waals surface area contributed by atoms with E-state index < -0.39 is 23.2 Å². The van der Waals surface area contributed by atoms with Crippen LogP contribution in [0.25, 0.3) is 0 Å². The summed E-state index contributed by atoms with van der Waals surface area (Å²) in [7, 11) is 0. The Balaban J connectivity index is 1.70. The first kappa shape index (κ1) is 22.0. The molecule has 1 unspecified atom stereocenters. The van der Waals surface area contributed by atoms with Crippen molar-refractivity contribution in [2.24, 2.45) is 0 Å². The maximum atomic E-state index is 13.7. The van der Waals surface area contributed by atoms with Crippen LogP contribution in [0.4, 0.5) is 19.0 Å². The smallest absolute Gasteiger partial charge is 0.353 e. The summed E-state index contributed by atoms with van der Waals surface area (Å²) < 4.78 is 41.1. The third-order valence-electron chi connectivity index (χ3n) is 5.60. The third kappa shape index (κ3) is 4.50. The first-order valence-corrected chi connectivity index (χ1v) is 10.3. The van der Waals surface area contributed by atoms with E-state index in [0.29, 0.717) is 31.1 Å². The van der Waals surface area contributed by atoms with Crippen molar-refractivity contribution in [2.45, 2.75) is 26.1 Å². The lowest BCUT2D eigenvalue weighted by Gasteiger charge is -2.35. The molecule has 1 aromatic carbocycles. The van der Waals surface area contributed by atoms with Gasteiger partial charge >= 0.3 is 6.18 Å². The summed E-state index contributed by atoms with van der Waals surface area (Å²) in [6, 6.07) is 13.4. The molecule has 1 N–H and O–H groups in total. The van der Waals surface area contributed by atoms with Crippen molar-refractivity contribution < 1.29 is 18.0 Å². The Morgan fingerprint density at radius 2 is 1.94 bits per heavy atom. The second kappa shape index (κ2) is 8.70. The lowest BCUT2D eigenvalue weighted by atomic mass is 10.0. The molecule has 5 nitrogen and oxygen atoms in total. The minimum atomic E-state index is -4.69. The van der Waals surface area contributed by atoms with Gasteiger partial charge in [0.25, 0.3) is 0 Å². The molecule has 0 saturated carbocycles. The quantitative estimate of drug-likeness (QED) is 0.606. The zero-order valence-electron chi connectivity index (χ0n) is 17.8. The van der Waals surface area contributed by atoms with E-state index in [1.54, 1.807) is 6.92 Å². The molecule has 1 aliphatic heterocycles. The van der Waals surface area contributed by atoms with E-state index in [4.69, 9.17) is 0 Å². The van der Waals surface area contributed by atoms with E-state index in [2.05, 4.69) is 21.4 Å². The minimum Gasteiger partial charge on any atom is -0.353 e. The monoisotopic (exact) mass is 440 g/mol. The van der Waals surface area contributed by atoms with Crippen molar-refractivity contribution in [3.8, 4) is 0 Å². The van der Waals surface area contributed by atoms with Crippen molar-refractivity contribution in [2.75, 3.05) is 24.5 Å². The van der Waals surface area contributed by atoms with Crippen LogP contribution < -0.4 is 10.2 Å². The number of nitrogens with zero attached hydrogens (tertiary/aromatic N) is 3. The van der Waals surface area contributed by atoms with Crippen LogP contribution in [0.15, 0.2) is 54.7 Å². The molecule has 0 bridgehead atoms. The number of hydrogen-bond donors (Lipinski definition) is 1. The number of rotatable bonds is 4. The minimum absolute atomic E-state index is 0.00691. The zero-order valence-corrected chi connectivity index (χ0v) is 17.8. The number of nitrogens with one attached hydrogen (secondary N) is 1. The van der Waals surface area contributed by atoms with E-state index in [1.165, 1.54) is 24.4 Å². The maximum absolute atomic E-state index is 13.7. The van der Waals surface area contributed by atoms with Crippen molar-refractivity contribution in [1.82, 2.24) is 15.3 Å². The molecular weight excluding hydrogens is 417 g/mol. The van der Waals surface area contributed by atoms with E-state index in [9.17, 15) is 18.0 Å². The van der Waals surface area contributed by atoms with E-state index in [-0.39, 0.29) is 11.6 Å². The van der Waals surface area contributed by atoms with Crippen molar-refractivity contribution in [1.29, 1.82) is 0 Å². The lowest BCUT2D eigenvalue weighted by Crippen LogP contribution is -2.46. The Kier molecular flexibility index (Phi) is 5.97. The number of benzene rings is 1. The summed E-state index contributed by atoms with van der Waals surface area (Å²) in [6.45, 7) is 5.35. The van der Waals surface area contributed by atoms with Crippen LogP contribution in [-0.2, 0) is 6.18 Å². The number of alkyl halides is 3. The fraction of sp³-hybridized carbons (Fsp3) is 0.292. The van der Waals surface area contributed by atoms with Crippen LogP contribution in [0.3, 0.4) is 0 Å². The molecule has 32 heavy (non-hydrogen) atoms. The zero-order chi connectivity index (χ0) is 22.9. The van der Waals surface area contributed by atoms with Crippen molar-refractivity contribution in [3.05, 3.63) is 88.4 Å². The number of aromatic nitrogens is 2. The molecule has 0 spiro atoms. The summed E-state index contributed by atoms with van der Waals surface area (Å²) in [6.07, 6.45) is -3.20. The van der Waals surface area contributed by atoms with Crippen LogP contribution in [0.1, 0.15) is 44.5 Å². The molecule has 1 aliphatic rings. The highest BCUT2D eigenvalue weighted by molar-refractivity contribution is 6.09. The summed E-state index contributed by atoms with van der Waals surface area (Å²) in [5.74, 6) is -0.433. The first-order chi connectivity index (χ1) is 15.2. The third-order valence-corrected chi connectivity index (χ3v) is 5.60. The predicted molar refractivity (Wildman–Crippen MR) is 116 cm³/mol. The van der Waals surface area contributed by atoms with E-state index in [1.807, 2.05) is 30.0 Å². The van der Waals surface area contributed by atoms with Crippen LogP contribution in [0.2, 0.25) is 0 Å². The van der Waals surface area contributed by atoms with Gasteiger partial charge in [-0.1, -0.05) is 29.8 Å². The van der Waals surface area contributed by atoms with Crippen molar-refractivity contribution in [3.63, 3.8) is 0 Å². The molecular formula is C24H23F3N4O. The molecule has 4 rings (SSSR count). The molecule has 1 atom stereocenters. The van der Waals surface area contributed by atoms with Gasteiger partial charge in [-0.3, -0.25) is 9.78 Å². The fourth-order valence-electron chi connectivity index (χ4n) is 3.95. The standard InChI is InChI=1S/C24H23F3N4O/c1-15-5-3-6-17(13-15)20-14-31(12-11-29-20)21-9-8-19(24(25,26)27)22(30-21)23(32)18-7-4-10-28-16(18)2/h3-10,13,20,29H,11-12,14H2,1-2H3. The number of ketones is 1. The van der Waals surface area contributed by atoms with Gasteiger partial charge in [-0.05, 0) is 43.7 Å². The van der Waals surface area contributed by atoms with Gasteiger partial charge in [0.15, 0.2) is 0 Å². The normalized spacial score (nSPS) is 16.8. The topological polar surface area (TPSA) is 58.1 Å². The lowest BCUT2D eigenvalue weighted by molar-refractivity contribution is -0.138. The number of carbonyl (C=O) groups excluding carboxylic acids is 1. The molecule has 0 aliphatic carbocycles. The highest BCUT2D eigenvalue weighted by Gasteiger charge is 2.37. The number of carbonyl (C=O) groups is 1. The number of piperazine rings is 1. The Hall–Kier alpha value is -3.26. The highest BCUT2D eigenvalue weighted by atomic mass is 19.4. The van der Waals surface area contributed by atoms with Crippen LogP contribution in [-0.4, -0.2) is 35.4 Å². The number of halogens is 3. The van der Waals surface area contributed by atoms with Gasteiger partial charge in [0.05, 0.1) is 5.56 Å². The summed E-state index contributed by atoms with van der Waals surface area (Å²) in [5, 5.41) is 3.44. The van der Waals surface area contributed by atoms with Gasteiger partial charge in [-0.25, -0.2) is 4.98 Å². The van der Waals surface area contributed by atoms with Gasteiger partial charge in [0.1, 0.15) is 11.5 Å². The molecule has 3 aromatic rings. The average molecular weight is 440 g/mol. The van der Waals surface area contributed by atoms with Gasteiger partial charge in [0, 0.05) is 43.1 Å². The molecule has 1 fully saturated rings. The molecule has 166 valence electrons. The van der Waals surface area contributed by atoms with Crippen LogP contribution >= 0.6 is 0 Å². The van der Waals surface area contributed by atoms with E-state index >= 15 is 0 Å². The first-order valence-electron chi connectivity index (χ1n) is 10.3. The second-order valence-corrected chi connectivity index (χ2v) is 7.90. The van der Waals surface area contributed by atoms with Gasteiger partial charge in [-0.2, -0.15) is 13.2 Å². The van der Waals surface area contributed by atoms with Gasteiger partial charge in [0.2, 0.25) is 5.78 Å². The predicted octanol–water partition coefficient (Wildman–Crippen LogP) is 4.49. The van der Waals surface area contributed by atoms with Crippen LogP contribution in [0.5, 0.6) is 0 Å². The van der Waals surface area contributed by atoms with Crippen LogP contribution in [0, 0.1) is 13.8 Å². The molecule has 0 amide bonds. The summed E-state index contributed by atoms with van der Waals surface area (Å²) >= 11 is 0. The summed E-state index contributed by atoms with van der Waals surface area (Å²) in [5.41, 5.74) is 1.06. The second-order valence-electron chi connectivity index (χ2n) is 7.90. The fourth-order valence-corrected chi connectivity index (χ4v) is 3.95. The average Bonchev–Trinajstić information content (AvgIpc) is 2.78. The molecule has 1 saturated heterocycles. The number of hydrogen-bond acceptors (Lipinski definition) is 5. The Morgan fingerprint density at radius 3 is 2.66 bits per heavy atom. The number of anilines is 1. The Bertz CT molecular complexity index is 1150. The highest BCUT2D eigenvalue weighted by Crippen LogP contribution is 2.34. The van der Waals surface area contributed by atoms with Gasteiger partial charge in [-0.15, -0.1) is 0 Å². The maximum Gasteiger partial charge on any atom is 0.418 e. The Morgan fingerprint density at radius 1 is 1.12 bits per heavy atom. The number of pyridine rings is 2. The molecule has 8 heteroatoms. The Labute approximate surface area is 184 Å². The molecule has 0 radical (unpaired) electrons. The van der Waals surface area contributed by atoms with E-state index in [0.717, 1.165) is 17.2 Å².